The number of aliphatic hydroxyl groups excluding tert-OH is 2. The molecule has 8 nitrogen and oxygen atoms in total. The van der Waals surface area contributed by atoms with E-state index in [1.165, 1.54) is 0 Å². The number of unbranched alkanes of at least 4 members (excludes halogenated alkanes) is 2. The minimum absolute atomic E-state index is 0.0215. The smallest absolute Gasteiger partial charge is 0.252 e. The SMILES string of the molecule is CCCCC1(CCCC)O[C@@H](C(=O)N[C@H](CO)C(C)C)[C@H](C(=O)N[C@H](CO)C(C)C)O1. The number of hydrogen-bond donors (Lipinski definition) is 4. The van der Waals surface area contributed by atoms with Gasteiger partial charge in [-0.25, -0.2) is 0 Å². The first-order chi connectivity index (χ1) is 14.6. The van der Waals surface area contributed by atoms with Crippen molar-refractivity contribution >= 4 is 11.8 Å². The largest absolute Gasteiger partial charge is 0.394 e. The quantitative estimate of drug-likeness (QED) is 0.326. The van der Waals surface area contributed by atoms with Crippen LogP contribution in [0.2, 0.25) is 0 Å². The molecule has 1 aliphatic rings. The molecule has 182 valence electrons. The monoisotopic (exact) mass is 444 g/mol. The van der Waals surface area contributed by atoms with E-state index < -0.39 is 41.9 Å². The highest BCUT2D eigenvalue weighted by Gasteiger charge is 2.53. The molecule has 0 unspecified atom stereocenters. The first-order valence-electron chi connectivity index (χ1n) is 11.8. The van der Waals surface area contributed by atoms with Crippen LogP contribution in [-0.4, -0.2) is 65.3 Å². The van der Waals surface area contributed by atoms with Crippen LogP contribution in [0, 0.1) is 11.8 Å². The van der Waals surface area contributed by atoms with E-state index in [1.54, 1.807) is 0 Å². The number of carbonyl (C=O) groups excluding carboxylic acids is 2. The Balaban J connectivity index is 3.15. The Hall–Kier alpha value is -1.22. The van der Waals surface area contributed by atoms with Crippen LogP contribution in [0.1, 0.15) is 80.1 Å². The first-order valence-corrected chi connectivity index (χ1v) is 11.8. The van der Waals surface area contributed by atoms with Crippen LogP contribution >= 0.6 is 0 Å². The van der Waals surface area contributed by atoms with Crippen LogP contribution in [-0.2, 0) is 19.1 Å². The highest BCUT2D eigenvalue weighted by molar-refractivity contribution is 5.91. The topological polar surface area (TPSA) is 117 Å². The molecule has 4 N–H and O–H groups in total. The maximum Gasteiger partial charge on any atom is 0.252 e. The van der Waals surface area contributed by atoms with Crippen LogP contribution in [0.15, 0.2) is 0 Å². The van der Waals surface area contributed by atoms with Gasteiger partial charge < -0.3 is 30.3 Å². The van der Waals surface area contributed by atoms with Crippen molar-refractivity contribution in [1.82, 2.24) is 10.6 Å². The molecule has 2 amide bonds. The van der Waals surface area contributed by atoms with Crippen molar-refractivity contribution in [1.29, 1.82) is 0 Å². The Morgan fingerprint density at radius 2 is 1.16 bits per heavy atom. The Morgan fingerprint density at radius 1 is 0.806 bits per heavy atom. The highest BCUT2D eigenvalue weighted by Crippen LogP contribution is 2.38. The zero-order chi connectivity index (χ0) is 23.6. The van der Waals surface area contributed by atoms with Gasteiger partial charge in [0, 0.05) is 12.8 Å². The number of nitrogens with one attached hydrogen (secondary N) is 2. The fraction of sp³-hybridized carbons (Fsp3) is 0.913. The van der Waals surface area contributed by atoms with Crippen molar-refractivity contribution in [3.8, 4) is 0 Å². The van der Waals surface area contributed by atoms with Gasteiger partial charge >= 0.3 is 0 Å². The summed E-state index contributed by atoms with van der Waals surface area (Å²) in [5, 5.41) is 24.9. The van der Waals surface area contributed by atoms with Gasteiger partial charge in [-0.05, 0) is 24.7 Å². The van der Waals surface area contributed by atoms with Gasteiger partial charge in [-0.3, -0.25) is 9.59 Å². The zero-order valence-corrected chi connectivity index (χ0v) is 20.1. The average Bonchev–Trinajstić information content (AvgIpc) is 3.12. The lowest BCUT2D eigenvalue weighted by Crippen LogP contribution is -2.54. The Kier molecular flexibility index (Phi) is 12.0. The predicted octanol–water partition coefficient (Wildman–Crippen LogP) is 2.11. The Labute approximate surface area is 187 Å². The fourth-order valence-corrected chi connectivity index (χ4v) is 3.63. The molecule has 8 heteroatoms. The number of ether oxygens (including phenoxy) is 2. The third kappa shape index (κ3) is 8.00. The van der Waals surface area contributed by atoms with E-state index >= 15 is 0 Å². The normalized spacial score (nSPS) is 22.5. The van der Waals surface area contributed by atoms with Gasteiger partial charge in [0.25, 0.3) is 11.8 Å². The minimum Gasteiger partial charge on any atom is -0.394 e. The molecule has 0 aromatic carbocycles. The van der Waals surface area contributed by atoms with Crippen molar-refractivity contribution < 1.29 is 29.3 Å². The van der Waals surface area contributed by atoms with E-state index in [0.29, 0.717) is 12.8 Å². The van der Waals surface area contributed by atoms with Crippen LogP contribution < -0.4 is 10.6 Å². The summed E-state index contributed by atoms with van der Waals surface area (Å²) in [5.41, 5.74) is 0. The van der Waals surface area contributed by atoms with Gasteiger partial charge in [-0.2, -0.15) is 0 Å². The maximum atomic E-state index is 13.1. The standard InChI is InChI=1S/C23H44N2O6/c1-7-9-11-23(12-10-8-2)30-19(21(28)24-17(13-26)15(3)4)20(31-23)22(29)25-18(14-27)16(5)6/h15-20,26-27H,7-14H2,1-6H3,(H,24,28)(H,25,29)/t17-,18-,19-,20-/m1/s1. The van der Waals surface area contributed by atoms with Gasteiger partial charge in [0.15, 0.2) is 18.0 Å². The molecule has 1 fully saturated rings. The molecule has 31 heavy (non-hydrogen) atoms. The summed E-state index contributed by atoms with van der Waals surface area (Å²) < 4.78 is 12.4. The van der Waals surface area contributed by atoms with Crippen molar-refractivity contribution in [3.63, 3.8) is 0 Å². The second-order valence-corrected chi connectivity index (χ2v) is 9.28. The highest BCUT2D eigenvalue weighted by atomic mass is 16.8. The lowest BCUT2D eigenvalue weighted by molar-refractivity contribution is -0.190. The number of rotatable bonds is 14. The summed E-state index contributed by atoms with van der Waals surface area (Å²) in [7, 11) is 0. The third-order valence-corrected chi connectivity index (χ3v) is 5.96. The number of aliphatic hydroxyl groups is 2. The molecule has 0 aromatic heterocycles. The summed E-state index contributed by atoms with van der Waals surface area (Å²) >= 11 is 0. The van der Waals surface area contributed by atoms with Gasteiger partial charge in [0.05, 0.1) is 25.3 Å². The fourth-order valence-electron chi connectivity index (χ4n) is 3.63. The van der Waals surface area contributed by atoms with Gasteiger partial charge in [0.1, 0.15) is 0 Å². The van der Waals surface area contributed by atoms with Crippen molar-refractivity contribution in [2.24, 2.45) is 11.8 Å². The molecule has 0 bridgehead atoms. The van der Waals surface area contributed by atoms with Crippen LogP contribution in [0.5, 0.6) is 0 Å². The van der Waals surface area contributed by atoms with Gasteiger partial charge in [-0.15, -0.1) is 0 Å². The van der Waals surface area contributed by atoms with Gasteiger partial charge in [0.2, 0.25) is 0 Å². The second kappa shape index (κ2) is 13.4. The Morgan fingerprint density at radius 3 is 1.42 bits per heavy atom. The van der Waals surface area contributed by atoms with Crippen LogP contribution in [0.4, 0.5) is 0 Å². The predicted molar refractivity (Wildman–Crippen MR) is 119 cm³/mol. The number of hydrogen-bond acceptors (Lipinski definition) is 6. The van der Waals surface area contributed by atoms with E-state index in [0.717, 1.165) is 25.7 Å². The molecule has 0 spiro atoms. The van der Waals surface area contributed by atoms with E-state index in [2.05, 4.69) is 24.5 Å². The van der Waals surface area contributed by atoms with Crippen molar-refractivity contribution in [2.45, 2.75) is 110 Å². The number of carbonyl (C=O) groups is 2. The van der Waals surface area contributed by atoms with Crippen LogP contribution in [0.3, 0.4) is 0 Å². The van der Waals surface area contributed by atoms with E-state index in [4.69, 9.17) is 9.47 Å². The first kappa shape index (κ1) is 27.8. The molecule has 0 radical (unpaired) electrons. The Bertz CT molecular complexity index is 506. The second-order valence-electron chi connectivity index (χ2n) is 9.28. The van der Waals surface area contributed by atoms with E-state index in [1.807, 2.05) is 27.7 Å². The molecular formula is C23H44N2O6. The van der Waals surface area contributed by atoms with Crippen molar-refractivity contribution in [3.05, 3.63) is 0 Å². The maximum absolute atomic E-state index is 13.1. The summed E-state index contributed by atoms with van der Waals surface area (Å²) in [6.45, 7) is 11.3. The number of amides is 2. The molecule has 1 saturated heterocycles. The summed E-state index contributed by atoms with van der Waals surface area (Å²) in [5.74, 6) is -1.88. The summed E-state index contributed by atoms with van der Waals surface area (Å²) in [4.78, 5) is 26.2. The zero-order valence-electron chi connectivity index (χ0n) is 20.1. The third-order valence-electron chi connectivity index (χ3n) is 5.96. The summed E-state index contributed by atoms with van der Waals surface area (Å²) in [6.07, 6.45) is 2.53. The molecule has 4 atom stereocenters. The average molecular weight is 445 g/mol. The lowest BCUT2D eigenvalue weighted by atomic mass is 10.0. The molecule has 1 aliphatic heterocycles. The van der Waals surface area contributed by atoms with E-state index in [-0.39, 0.29) is 25.0 Å². The molecule has 0 saturated carbocycles. The minimum atomic E-state index is -1.12. The molecule has 1 rings (SSSR count). The van der Waals surface area contributed by atoms with Crippen LogP contribution in [0.25, 0.3) is 0 Å². The molecule has 1 heterocycles. The lowest BCUT2D eigenvalue weighted by Gasteiger charge is -2.28. The molecular weight excluding hydrogens is 400 g/mol. The van der Waals surface area contributed by atoms with E-state index in [9.17, 15) is 19.8 Å². The van der Waals surface area contributed by atoms with Gasteiger partial charge in [-0.1, -0.05) is 54.4 Å². The molecule has 0 aliphatic carbocycles. The summed E-state index contributed by atoms with van der Waals surface area (Å²) in [6, 6.07) is -0.885. The van der Waals surface area contributed by atoms with Crippen molar-refractivity contribution in [2.75, 3.05) is 13.2 Å². The molecule has 0 aromatic rings.